The molecular formula is C18H29NO. The third-order valence-electron chi connectivity index (χ3n) is 5.11. The Hall–Kier alpha value is -1.05. The van der Waals surface area contributed by atoms with Gasteiger partial charge in [-0.3, -0.25) is 4.79 Å². The minimum Gasteiger partial charge on any atom is -0.340 e. The molecule has 0 aliphatic heterocycles. The van der Waals surface area contributed by atoms with E-state index in [1.54, 1.807) is 11.1 Å². The minimum atomic E-state index is 0.216. The molecule has 2 heteroatoms. The van der Waals surface area contributed by atoms with Crippen LogP contribution in [0.1, 0.15) is 59.8 Å². The van der Waals surface area contributed by atoms with Gasteiger partial charge >= 0.3 is 0 Å². The second kappa shape index (κ2) is 6.60. The fraction of sp³-hybridized carbons (Fsp3) is 0.722. The van der Waals surface area contributed by atoms with E-state index in [0.29, 0.717) is 5.92 Å². The second-order valence-electron chi connectivity index (χ2n) is 6.34. The van der Waals surface area contributed by atoms with Crippen molar-refractivity contribution in [3.05, 3.63) is 22.8 Å². The van der Waals surface area contributed by atoms with Crippen LogP contribution in [0.2, 0.25) is 0 Å². The maximum atomic E-state index is 12.4. The molecule has 1 amide bonds. The van der Waals surface area contributed by atoms with Gasteiger partial charge in [-0.1, -0.05) is 23.6 Å². The van der Waals surface area contributed by atoms with Gasteiger partial charge in [-0.15, -0.1) is 0 Å². The molecule has 0 unspecified atom stereocenters. The van der Waals surface area contributed by atoms with E-state index >= 15 is 0 Å². The van der Waals surface area contributed by atoms with Crippen LogP contribution in [-0.2, 0) is 4.79 Å². The predicted octanol–water partition coefficient (Wildman–Crippen LogP) is 4.33. The zero-order valence-electron chi connectivity index (χ0n) is 13.5. The molecule has 0 N–H and O–H groups in total. The highest BCUT2D eigenvalue weighted by Gasteiger charge is 2.31. The van der Waals surface area contributed by atoms with Crippen LogP contribution in [-0.4, -0.2) is 23.9 Å². The van der Waals surface area contributed by atoms with E-state index in [0.717, 1.165) is 24.6 Å². The van der Waals surface area contributed by atoms with Crippen molar-refractivity contribution in [2.24, 2.45) is 11.8 Å². The first-order valence-electron chi connectivity index (χ1n) is 8.25. The molecule has 2 nitrogen and oxygen atoms in total. The van der Waals surface area contributed by atoms with Gasteiger partial charge in [-0.2, -0.15) is 0 Å². The van der Waals surface area contributed by atoms with Gasteiger partial charge in [0.15, 0.2) is 0 Å². The first-order chi connectivity index (χ1) is 9.58. The van der Waals surface area contributed by atoms with Crippen molar-refractivity contribution in [2.75, 3.05) is 13.1 Å². The van der Waals surface area contributed by atoms with E-state index in [9.17, 15) is 4.79 Å². The molecule has 20 heavy (non-hydrogen) atoms. The highest BCUT2D eigenvalue weighted by molar-refractivity contribution is 5.92. The average Bonchev–Trinajstić information content (AvgIpc) is 2.83. The average molecular weight is 275 g/mol. The maximum absolute atomic E-state index is 12.4. The van der Waals surface area contributed by atoms with Crippen LogP contribution >= 0.6 is 0 Å². The van der Waals surface area contributed by atoms with Gasteiger partial charge in [-0.05, 0) is 65.2 Å². The smallest absolute Gasteiger partial charge is 0.249 e. The summed E-state index contributed by atoms with van der Waals surface area (Å²) in [5, 5.41) is 0. The summed E-state index contributed by atoms with van der Waals surface area (Å²) in [6, 6.07) is 0. The standard InChI is InChI=1S/C18H29NO/c1-5-19(6-2)18(20)14(4)12-16-9-7-8-15-11-10-13(3)17(15)16/h12,15-16H,5-11H2,1-4H3/b14-12+/t15-,16-/m0/s1. The zero-order chi connectivity index (χ0) is 14.7. The normalized spacial score (nSPS) is 26.7. The molecule has 0 bridgehead atoms. The topological polar surface area (TPSA) is 20.3 Å². The van der Waals surface area contributed by atoms with E-state index < -0.39 is 0 Å². The number of nitrogens with zero attached hydrogens (tertiary/aromatic N) is 1. The first-order valence-corrected chi connectivity index (χ1v) is 8.25. The number of fused-ring (bicyclic) bond motifs is 1. The number of carbonyl (C=O) groups is 1. The summed E-state index contributed by atoms with van der Waals surface area (Å²) in [6.45, 7) is 9.99. The van der Waals surface area contributed by atoms with E-state index in [4.69, 9.17) is 0 Å². The molecule has 0 aromatic carbocycles. The van der Waals surface area contributed by atoms with Crippen molar-refractivity contribution in [1.29, 1.82) is 0 Å². The van der Waals surface area contributed by atoms with Crippen molar-refractivity contribution in [3.63, 3.8) is 0 Å². The van der Waals surface area contributed by atoms with Crippen molar-refractivity contribution in [2.45, 2.75) is 59.8 Å². The fourth-order valence-corrected chi connectivity index (χ4v) is 4.00. The Bertz CT molecular complexity index is 429. The molecule has 2 rings (SSSR count). The van der Waals surface area contributed by atoms with E-state index in [1.165, 1.54) is 32.1 Å². The Morgan fingerprint density at radius 1 is 1.25 bits per heavy atom. The van der Waals surface area contributed by atoms with Gasteiger partial charge in [-0.25, -0.2) is 0 Å². The predicted molar refractivity (Wildman–Crippen MR) is 84.5 cm³/mol. The Balaban J connectivity index is 2.16. The Morgan fingerprint density at radius 2 is 1.95 bits per heavy atom. The SMILES string of the molecule is CCN(CC)C(=O)/C(C)=C/[C@@H]1CCC[C@H]2CCC(C)=C21. The molecule has 2 aliphatic carbocycles. The molecule has 2 aliphatic rings. The van der Waals surface area contributed by atoms with E-state index in [-0.39, 0.29) is 5.91 Å². The molecule has 0 saturated heterocycles. The summed E-state index contributed by atoms with van der Waals surface area (Å²) in [5.74, 6) is 1.55. The van der Waals surface area contributed by atoms with Crippen LogP contribution in [0, 0.1) is 11.8 Å². The molecule has 112 valence electrons. The summed E-state index contributed by atoms with van der Waals surface area (Å²) in [4.78, 5) is 14.3. The molecule has 0 radical (unpaired) electrons. The van der Waals surface area contributed by atoms with Crippen LogP contribution < -0.4 is 0 Å². The van der Waals surface area contributed by atoms with Gasteiger partial charge in [0.2, 0.25) is 5.91 Å². The number of hydrogen-bond acceptors (Lipinski definition) is 1. The number of rotatable bonds is 4. The summed E-state index contributed by atoms with van der Waals surface area (Å²) < 4.78 is 0. The van der Waals surface area contributed by atoms with E-state index in [2.05, 4.69) is 26.8 Å². The van der Waals surface area contributed by atoms with Crippen molar-refractivity contribution >= 4 is 5.91 Å². The summed E-state index contributed by atoms with van der Waals surface area (Å²) in [5.41, 5.74) is 4.20. The third kappa shape index (κ3) is 2.99. The van der Waals surface area contributed by atoms with E-state index in [1.807, 2.05) is 11.8 Å². The molecule has 0 aromatic heterocycles. The van der Waals surface area contributed by atoms with Crippen molar-refractivity contribution in [3.8, 4) is 0 Å². The summed E-state index contributed by atoms with van der Waals surface area (Å²) >= 11 is 0. The highest BCUT2D eigenvalue weighted by Crippen LogP contribution is 2.45. The molecule has 2 atom stereocenters. The van der Waals surface area contributed by atoms with Gasteiger partial charge in [0, 0.05) is 18.7 Å². The molecule has 0 spiro atoms. The molecular weight excluding hydrogens is 246 g/mol. The third-order valence-corrected chi connectivity index (χ3v) is 5.11. The van der Waals surface area contributed by atoms with Crippen LogP contribution in [0.25, 0.3) is 0 Å². The fourth-order valence-electron chi connectivity index (χ4n) is 4.00. The number of amides is 1. The number of hydrogen-bond donors (Lipinski definition) is 0. The largest absolute Gasteiger partial charge is 0.340 e. The Kier molecular flexibility index (Phi) is 5.06. The number of allylic oxidation sites excluding steroid dienone is 3. The Labute approximate surface area is 123 Å². The quantitative estimate of drug-likeness (QED) is 0.552. The second-order valence-corrected chi connectivity index (χ2v) is 6.34. The maximum Gasteiger partial charge on any atom is 0.249 e. The summed E-state index contributed by atoms with van der Waals surface area (Å²) in [7, 11) is 0. The van der Waals surface area contributed by atoms with Crippen LogP contribution in [0.4, 0.5) is 0 Å². The number of likely N-dealkylation sites (N-methyl/N-ethyl adjacent to an activating group) is 1. The van der Waals surface area contributed by atoms with Crippen LogP contribution in [0.5, 0.6) is 0 Å². The lowest BCUT2D eigenvalue weighted by molar-refractivity contribution is -0.126. The molecule has 0 aromatic rings. The molecule has 0 heterocycles. The van der Waals surface area contributed by atoms with Crippen molar-refractivity contribution < 1.29 is 4.79 Å². The van der Waals surface area contributed by atoms with Gasteiger partial charge < -0.3 is 4.90 Å². The van der Waals surface area contributed by atoms with Crippen LogP contribution in [0.15, 0.2) is 22.8 Å². The monoisotopic (exact) mass is 275 g/mol. The minimum absolute atomic E-state index is 0.216. The Morgan fingerprint density at radius 3 is 2.60 bits per heavy atom. The van der Waals surface area contributed by atoms with Gasteiger partial charge in [0.1, 0.15) is 0 Å². The lowest BCUT2D eigenvalue weighted by Gasteiger charge is -2.29. The lowest BCUT2D eigenvalue weighted by atomic mass is 9.77. The van der Waals surface area contributed by atoms with Gasteiger partial charge in [0.05, 0.1) is 0 Å². The lowest BCUT2D eigenvalue weighted by Crippen LogP contribution is -2.31. The number of carbonyl (C=O) groups excluding carboxylic acids is 1. The molecule has 1 fully saturated rings. The zero-order valence-corrected chi connectivity index (χ0v) is 13.5. The van der Waals surface area contributed by atoms with Crippen molar-refractivity contribution in [1.82, 2.24) is 4.90 Å². The van der Waals surface area contributed by atoms with Crippen LogP contribution in [0.3, 0.4) is 0 Å². The summed E-state index contributed by atoms with van der Waals surface area (Å²) in [6.07, 6.45) is 8.78. The molecule has 1 saturated carbocycles. The highest BCUT2D eigenvalue weighted by atomic mass is 16.2. The first kappa shape index (κ1) is 15.3. The van der Waals surface area contributed by atoms with Gasteiger partial charge in [0.25, 0.3) is 0 Å².